The van der Waals surface area contributed by atoms with Crippen LogP contribution < -0.4 is 4.74 Å². The van der Waals surface area contributed by atoms with Gasteiger partial charge in [-0.2, -0.15) is 0 Å². The van der Waals surface area contributed by atoms with Gasteiger partial charge in [-0.15, -0.1) is 0 Å². The lowest BCUT2D eigenvalue weighted by molar-refractivity contribution is 0.394. The molecule has 0 aromatic carbocycles. The molecule has 0 N–H and O–H groups in total. The first-order valence-electron chi connectivity index (χ1n) is 3.01. The van der Waals surface area contributed by atoms with Crippen LogP contribution in [0.5, 0.6) is 5.88 Å². The second-order valence-electron chi connectivity index (χ2n) is 2.05. The van der Waals surface area contributed by atoms with E-state index >= 15 is 0 Å². The second kappa shape index (κ2) is 3.71. The van der Waals surface area contributed by atoms with Crippen molar-refractivity contribution in [2.45, 2.75) is 6.92 Å². The molecule has 0 bridgehead atoms. The molecule has 1 aromatic heterocycles. The summed E-state index contributed by atoms with van der Waals surface area (Å²) in [5.41, 5.74) is 1.16. The van der Waals surface area contributed by atoms with Crippen LogP contribution in [0.25, 0.3) is 0 Å². The minimum absolute atomic E-state index is 0.642. The van der Waals surface area contributed by atoms with E-state index in [4.69, 9.17) is 4.74 Å². The van der Waals surface area contributed by atoms with Crippen molar-refractivity contribution < 1.29 is 4.74 Å². The van der Waals surface area contributed by atoms with Crippen LogP contribution in [0.3, 0.4) is 0 Å². The smallest absolute Gasteiger partial charge is 0.228 e. The number of halogens is 2. The molecule has 0 spiro atoms. The summed E-state index contributed by atoms with van der Waals surface area (Å²) in [5.74, 6) is 0.642. The third-order valence-electron chi connectivity index (χ3n) is 1.36. The topological polar surface area (TPSA) is 22.1 Å². The van der Waals surface area contributed by atoms with Crippen molar-refractivity contribution in [1.29, 1.82) is 0 Å². The summed E-state index contributed by atoms with van der Waals surface area (Å²) in [4.78, 5) is 4.08. The number of hydrogen-bond acceptors (Lipinski definition) is 2. The molecule has 60 valence electrons. The third kappa shape index (κ3) is 1.84. The molecule has 0 aliphatic carbocycles. The minimum Gasteiger partial charge on any atom is -0.480 e. The molecule has 11 heavy (non-hydrogen) atoms. The van der Waals surface area contributed by atoms with E-state index in [-0.39, 0.29) is 0 Å². The zero-order valence-corrected chi connectivity index (χ0v) is 9.93. The Morgan fingerprint density at radius 3 is 2.82 bits per heavy atom. The molecule has 0 saturated carbocycles. The second-order valence-corrected chi connectivity index (χ2v) is 4.01. The van der Waals surface area contributed by atoms with Gasteiger partial charge in [-0.05, 0) is 51.0 Å². The summed E-state index contributed by atoms with van der Waals surface area (Å²) in [6.07, 6.45) is 1.79. The van der Waals surface area contributed by atoms with Gasteiger partial charge in [0.05, 0.1) is 11.6 Å². The van der Waals surface area contributed by atoms with Crippen molar-refractivity contribution in [1.82, 2.24) is 4.98 Å². The van der Waals surface area contributed by atoms with Gasteiger partial charge in [-0.3, -0.25) is 0 Å². The molecule has 1 rings (SSSR count). The molecule has 4 heteroatoms. The van der Waals surface area contributed by atoms with Crippen LogP contribution in [0.15, 0.2) is 10.7 Å². The Hall–Kier alpha value is 0.160. The molecule has 1 heterocycles. The first-order chi connectivity index (χ1) is 5.16. The number of methoxy groups -OCH3 is 1. The maximum absolute atomic E-state index is 5.02. The van der Waals surface area contributed by atoms with Crippen LogP contribution in [0.1, 0.15) is 5.56 Å². The van der Waals surface area contributed by atoms with Crippen molar-refractivity contribution in [3.8, 4) is 5.88 Å². The molecule has 0 amide bonds. The number of rotatable bonds is 1. The van der Waals surface area contributed by atoms with E-state index in [0.29, 0.717) is 5.88 Å². The molecule has 0 aliphatic rings. The highest BCUT2D eigenvalue weighted by Crippen LogP contribution is 2.28. The van der Waals surface area contributed by atoms with Crippen LogP contribution in [0.4, 0.5) is 0 Å². The molecular formula is C7H7BrINO. The van der Waals surface area contributed by atoms with Gasteiger partial charge in [0, 0.05) is 9.77 Å². The number of hydrogen-bond donors (Lipinski definition) is 0. The Labute approximate surface area is 87.6 Å². The normalized spacial score (nSPS) is 9.82. The van der Waals surface area contributed by atoms with E-state index in [1.807, 2.05) is 6.92 Å². The Morgan fingerprint density at radius 1 is 1.64 bits per heavy atom. The predicted molar refractivity (Wildman–Crippen MR) is 55.9 cm³/mol. The van der Waals surface area contributed by atoms with E-state index < -0.39 is 0 Å². The van der Waals surface area contributed by atoms with Gasteiger partial charge < -0.3 is 4.74 Å². The van der Waals surface area contributed by atoms with Gasteiger partial charge in [0.1, 0.15) is 0 Å². The minimum atomic E-state index is 0.642. The van der Waals surface area contributed by atoms with Gasteiger partial charge in [0.2, 0.25) is 5.88 Å². The van der Waals surface area contributed by atoms with Crippen molar-refractivity contribution >= 4 is 38.5 Å². The summed E-state index contributed by atoms with van der Waals surface area (Å²) in [5, 5.41) is 0. The summed E-state index contributed by atoms with van der Waals surface area (Å²) < 4.78 is 7.09. The van der Waals surface area contributed by atoms with Gasteiger partial charge >= 0.3 is 0 Å². The van der Waals surface area contributed by atoms with Crippen molar-refractivity contribution in [2.24, 2.45) is 0 Å². The molecule has 0 atom stereocenters. The van der Waals surface area contributed by atoms with E-state index in [9.17, 15) is 0 Å². The van der Waals surface area contributed by atoms with Crippen LogP contribution in [-0.4, -0.2) is 12.1 Å². The summed E-state index contributed by atoms with van der Waals surface area (Å²) in [6.45, 7) is 2.02. The molecule has 2 nitrogen and oxygen atoms in total. The molecule has 0 radical (unpaired) electrons. The average Bonchev–Trinajstić information content (AvgIpc) is 2.01. The van der Waals surface area contributed by atoms with Gasteiger partial charge in [-0.1, -0.05) is 0 Å². The zero-order chi connectivity index (χ0) is 8.43. The van der Waals surface area contributed by atoms with Crippen LogP contribution in [-0.2, 0) is 0 Å². The van der Waals surface area contributed by atoms with Gasteiger partial charge in [0.25, 0.3) is 0 Å². The average molecular weight is 328 g/mol. The maximum Gasteiger partial charge on any atom is 0.228 e. The lowest BCUT2D eigenvalue weighted by Gasteiger charge is -2.05. The molecular weight excluding hydrogens is 321 g/mol. The molecule has 1 aromatic rings. The van der Waals surface area contributed by atoms with Crippen molar-refractivity contribution in [3.05, 3.63) is 19.8 Å². The van der Waals surface area contributed by atoms with E-state index in [0.717, 1.165) is 13.6 Å². The number of pyridine rings is 1. The lowest BCUT2D eigenvalue weighted by Crippen LogP contribution is -1.92. The van der Waals surface area contributed by atoms with Crippen LogP contribution in [0.2, 0.25) is 0 Å². The Bertz CT molecular complexity index is 277. The van der Waals surface area contributed by atoms with Crippen LogP contribution in [0, 0.1) is 10.5 Å². The predicted octanol–water partition coefficient (Wildman–Crippen LogP) is 2.77. The fourth-order valence-electron chi connectivity index (χ4n) is 0.676. The fraction of sp³-hybridized carbons (Fsp3) is 0.286. The molecule has 0 saturated heterocycles. The lowest BCUT2D eigenvalue weighted by atomic mass is 10.3. The Balaban J connectivity index is 3.25. The van der Waals surface area contributed by atoms with Crippen LogP contribution >= 0.6 is 38.5 Å². The van der Waals surface area contributed by atoms with Gasteiger partial charge in [0.15, 0.2) is 0 Å². The highest BCUT2D eigenvalue weighted by Gasteiger charge is 2.06. The summed E-state index contributed by atoms with van der Waals surface area (Å²) in [6, 6.07) is 0. The van der Waals surface area contributed by atoms with Gasteiger partial charge in [-0.25, -0.2) is 4.98 Å². The maximum atomic E-state index is 5.02. The molecule has 0 aliphatic heterocycles. The highest BCUT2D eigenvalue weighted by molar-refractivity contribution is 14.1. The Morgan fingerprint density at radius 2 is 2.27 bits per heavy atom. The highest BCUT2D eigenvalue weighted by atomic mass is 127. The zero-order valence-electron chi connectivity index (χ0n) is 6.19. The van der Waals surface area contributed by atoms with Crippen molar-refractivity contribution in [3.63, 3.8) is 0 Å². The van der Waals surface area contributed by atoms with E-state index in [2.05, 4.69) is 43.5 Å². The number of aromatic nitrogens is 1. The Kier molecular flexibility index (Phi) is 3.12. The first-order valence-corrected chi connectivity index (χ1v) is 4.88. The summed E-state index contributed by atoms with van der Waals surface area (Å²) >= 11 is 5.63. The largest absolute Gasteiger partial charge is 0.480 e. The van der Waals surface area contributed by atoms with Crippen molar-refractivity contribution in [2.75, 3.05) is 7.11 Å². The van der Waals surface area contributed by atoms with E-state index in [1.165, 1.54) is 0 Å². The quantitative estimate of drug-likeness (QED) is 0.740. The third-order valence-corrected chi connectivity index (χ3v) is 3.39. The standard InChI is InChI=1S/C7H7BrINO/c1-4-5(9)3-10-7(11-2)6(4)8/h3H,1-2H3. The summed E-state index contributed by atoms with van der Waals surface area (Å²) in [7, 11) is 1.61. The SMILES string of the molecule is COc1ncc(I)c(C)c1Br. The molecule has 0 fully saturated rings. The molecule has 0 unspecified atom stereocenters. The monoisotopic (exact) mass is 327 g/mol. The van der Waals surface area contributed by atoms with E-state index in [1.54, 1.807) is 13.3 Å². The number of ether oxygens (including phenoxy) is 1. The first kappa shape index (κ1) is 9.25. The number of nitrogens with zero attached hydrogens (tertiary/aromatic N) is 1. The fourth-order valence-corrected chi connectivity index (χ4v) is 1.93.